The largest absolute Gasteiger partial charge is 0.367 e. The maximum atomic E-state index is 12.7. The van der Waals surface area contributed by atoms with Gasteiger partial charge in [0.05, 0.1) is 11.3 Å². The van der Waals surface area contributed by atoms with Crippen molar-refractivity contribution in [1.29, 1.82) is 5.26 Å². The summed E-state index contributed by atoms with van der Waals surface area (Å²) in [6.07, 6.45) is 0. The molecule has 1 aliphatic rings. The van der Waals surface area contributed by atoms with Gasteiger partial charge in [-0.2, -0.15) is 5.26 Å². The summed E-state index contributed by atoms with van der Waals surface area (Å²) in [5.41, 5.74) is 3.64. The maximum absolute atomic E-state index is 12.7. The lowest BCUT2D eigenvalue weighted by Crippen LogP contribution is -2.50. The predicted octanol–water partition coefficient (Wildman–Crippen LogP) is 4.04. The third-order valence-electron chi connectivity index (χ3n) is 4.76. The van der Waals surface area contributed by atoms with E-state index in [1.54, 1.807) is 0 Å². The minimum Gasteiger partial charge on any atom is -0.367 e. The topological polar surface area (TPSA) is 59.4 Å². The van der Waals surface area contributed by atoms with Crippen molar-refractivity contribution in [3.63, 3.8) is 0 Å². The molecule has 3 rings (SSSR count). The second kappa shape index (κ2) is 7.92. The molecule has 2 amide bonds. The van der Waals surface area contributed by atoms with E-state index in [1.807, 2.05) is 47.4 Å². The Morgan fingerprint density at radius 1 is 1.04 bits per heavy atom. The smallest absolute Gasteiger partial charge is 0.321 e. The molecule has 0 saturated carbocycles. The van der Waals surface area contributed by atoms with Gasteiger partial charge in [-0.3, -0.25) is 0 Å². The molecule has 0 bridgehead atoms. The van der Waals surface area contributed by atoms with Crippen LogP contribution in [-0.4, -0.2) is 37.1 Å². The number of nitrogens with one attached hydrogen (secondary N) is 1. The molecule has 5 nitrogen and oxygen atoms in total. The highest BCUT2D eigenvalue weighted by Crippen LogP contribution is 2.25. The fraction of sp³-hybridized carbons (Fsp3) is 0.333. The highest BCUT2D eigenvalue weighted by atomic mass is 16.2. The number of urea groups is 1. The van der Waals surface area contributed by atoms with Crippen LogP contribution in [0.25, 0.3) is 0 Å². The van der Waals surface area contributed by atoms with E-state index in [4.69, 9.17) is 0 Å². The van der Waals surface area contributed by atoms with Gasteiger partial charge in [0.2, 0.25) is 0 Å². The molecule has 1 heterocycles. The van der Waals surface area contributed by atoms with Crippen LogP contribution in [0.4, 0.5) is 16.2 Å². The van der Waals surface area contributed by atoms with Crippen molar-refractivity contribution in [2.24, 2.45) is 0 Å². The quantitative estimate of drug-likeness (QED) is 0.911. The lowest BCUT2D eigenvalue weighted by molar-refractivity contribution is 0.208. The molecule has 1 aliphatic heterocycles. The molecule has 0 atom stereocenters. The molecular formula is C21H24N4O. The van der Waals surface area contributed by atoms with Crippen molar-refractivity contribution < 1.29 is 4.79 Å². The second-order valence-corrected chi connectivity index (χ2v) is 6.78. The predicted molar refractivity (Wildman–Crippen MR) is 104 cm³/mol. The molecular weight excluding hydrogens is 324 g/mol. The summed E-state index contributed by atoms with van der Waals surface area (Å²) in [5.74, 6) is 0.353. The van der Waals surface area contributed by atoms with Gasteiger partial charge in [0, 0.05) is 31.9 Å². The molecule has 0 spiro atoms. The fourth-order valence-electron chi connectivity index (χ4n) is 3.30. The van der Waals surface area contributed by atoms with Crippen molar-refractivity contribution in [1.82, 2.24) is 4.90 Å². The third kappa shape index (κ3) is 3.80. The minimum absolute atomic E-state index is 0.0636. The summed E-state index contributed by atoms with van der Waals surface area (Å²) < 4.78 is 0. The van der Waals surface area contributed by atoms with Gasteiger partial charge >= 0.3 is 6.03 Å². The van der Waals surface area contributed by atoms with Crippen LogP contribution in [0.5, 0.6) is 0 Å². The summed E-state index contributed by atoms with van der Waals surface area (Å²) in [6.45, 7) is 6.95. The maximum Gasteiger partial charge on any atom is 0.321 e. The summed E-state index contributed by atoms with van der Waals surface area (Å²) in [6, 6.07) is 17.7. The molecule has 26 heavy (non-hydrogen) atoms. The SMILES string of the molecule is CC(C)c1ccccc1NC(=O)N1CCN(c2ccccc2C#N)CC1. The monoisotopic (exact) mass is 348 g/mol. The van der Waals surface area contributed by atoms with E-state index in [9.17, 15) is 10.1 Å². The Hall–Kier alpha value is -3.00. The Kier molecular flexibility index (Phi) is 5.43. The van der Waals surface area contributed by atoms with Gasteiger partial charge in [0.25, 0.3) is 0 Å². The van der Waals surface area contributed by atoms with Crippen LogP contribution in [0.2, 0.25) is 0 Å². The second-order valence-electron chi connectivity index (χ2n) is 6.78. The van der Waals surface area contributed by atoms with Gasteiger partial charge in [0.15, 0.2) is 0 Å². The molecule has 1 saturated heterocycles. The molecule has 1 fully saturated rings. The number of amides is 2. The van der Waals surface area contributed by atoms with Crippen LogP contribution in [-0.2, 0) is 0 Å². The van der Waals surface area contributed by atoms with E-state index in [-0.39, 0.29) is 6.03 Å². The molecule has 0 radical (unpaired) electrons. The molecule has 1 N–H and O–H groups in total. The van der Waals surface area contributed by atoms with Gasteiger partial charge in [-0.1, -0.05) is 44.2 Å². The summed E-state index contributed by atoms with van der Waals surface area (Å²) in [7, 11) is 0. The van der Waals surface area contributed by atoms with E-state index < -0.39 is 0 Å². The lowest BCUT2D eigenvalue weighted by Gasteiger charge is -2.36. The Morgan fingerprint density at radius 2 is 1.69 bits per heavy atom. The zero-order valence-electron chi connectivity index (χ0n) is 15.3. The average Bonchev–Trinajstić information content (AvgIpc) is 2.68. The van der Waals surface area contributed by atoms with E-state index in [0.29, 0.717) is 24.6 Å². The van der Waals surface area contributed by atoms with Crippen LogP contribution in [0.3, 0.4) is 0 Å². The fourth-order valence-corrected chi connectivity index (χ4v) is 3.30. The number of anilines is 2. The normalized spacial score (nSPS) is 14.2. The highest BCUT2D eigenvalue weighted by molar-refractivity contribution is 5.90. The van der Waals surface area contributed by atoms with Gasteiger partial charge in [-0.25, -0.2) is 4.79 Å². The number of para-hydroxylation sites is 2. The van der Waals surface area contributed by atoms with Crippen LogP contribution < -0.4 is 10.2 Å². The summed E-state index contributed by atoms with van der Waals surface area (Å²) >= 11 is 0. The Balaban J connectivity index is 1.64. The lowest BCUT2D eigenvalue weighted by atomic mass is 10.0. The highest BCUT2D eigenvalue weighted by Gasteiger charge is 2.23. The van der Waals surface area contributed by atoms with Gasteiger partial charge in [-0.05, 0) is 29.7 Å². The molecule has 2 aromatic carbocycles. The van der Waals surface area contributed by atoms with Crippen molar-refractivity contribution >= 4 is 17.4 Å². The summed E-state index contributed by atoms with van der Waals surface area (Å²) in [5, 5.41) is 12.3. The van der Waals surface area contributed by atoms with Gasteiger partial charge in [-0.15, -0.1) is 0 Å². The number of hydrogen-bond acceptors (Lipinski definition) is 3. The number of carbonyl (C=O) groups is 1. The van der Waals surface area contributed by atoms with Crippen molar-refractivity contribution in [3.05, 3.63) is 59.7 Å². The third-order valence-corrected chi connectivity index (χ3v) is 4.76. The molecule has 0 unspecified atom stereocenters. The van der Waals surface area contributed by atoms with Crippen LogP contribution in [0.15, 0.2) is 48.5 Å². The van der Waals surface area contributed by atoms with Crippen LogP contribution >= 0.6 is 0 Å². The number of carbonyl (C=O) groups excluding carboxylic acids is 1. The van der Waals surface area contributed by atoms with Gasteiger partial charge in [0.1, 0.15) is 6.07 Å². The first kappa shape index (κ1) is 17.8. The first-order chi connectivity index (χ1) is 12.6. The molecule has 134 valence electrons. The van der Waals surface area contributed by atoms with E-state index in [1.165, 1.54) is 0 Å². The van der Waals surface area contributed by atoms with E-state index in [2.05, 4.69) is 36.2 Å². The molecule has 0 aliphatic carbocycles. The minimum atomic E-state index is -0.0636. The number of piperazine rings is 1. The zero-order chi connectivity index (χ0) is 18.5. The molecule has 2 aromatic rings. The molecule has 0 aromatic heterocycles. The first-order valence-corrected chi connectivity index (χ1v) is 8.99. The Morgan fingerprint density at radius 3 is 2.38 bits per heavy atom. The average molecular weight is 348 g/mol. The van der Waals surface area contributed by atoms with Gasteiger partial charge < -0.3 is 15.1 Å². The summed E-state index contributed by atoms with van der Waals surface area (Å²) in [4.78, 5) is 16.7. The Bertz CT molecular complexity index is 817. The number of nitriles is 1. The van der Waals surface area contributed by atoms with Crippen molar-refractivity contribution in [2.45, 2.75) is 19.8 Å². The van der Waals surface area contributed by atoms with Crippen molar-refractivity contribution in [3.8, 4) is 6.07 Å². The number of benzene rings is 2. The van der Waals surface area contributed by atoms with E-state index >= 15 is 0 Å². The van der Waals surface area contributed by atoms with Crippen molar-refractivity contribution in [2.75, 3.05) is 36.4 Å². The number of hydrogen-bond donors (Lipinski definition) is 1. The molecule has 5 heteroatoms. The Labute approximate surface area is 154 Å². The standard InChI is InChI=1S/C21H24N4O/c1-16(2)18-8-4-5-9-19(18)23-21(26)25-13-11-24(12-14-25)20-10-6-3-7-17(20)15-22/h3-10,16H,11-14H2,1-2H3,(H,23,26). The van der Waals surface area contributed by atoms with Crippen LogP contribution in [0, 0.1) is 11.3 Å². The van der Waals surface area contributed by atoms with Crippen LogP contribution in [0.1, 0.15) is 30.9 Å². The number of rotatable bonds is 3. The zero-order valence-corrected chi connectivity index (χ0v) is 15.3. The first-order valence-electron chi connectivity index (χ1n) is 8.99. The number of nitrogens with zero attached hydrogens (tertiary/aromatic N) is 3. The van der Waals surface area contributed by atoms with E-state index in [0.717, 1.165) is 30.0 Å².